The molecule has 0 amide bonds. The number of nitrogens with one attached hydrogen (secondary N) is 1. The van der Waals surface area contributed by atoms with Crippen LogP contribution in [0.25, 0.3) is 0 Å². The Morgan fingerprint density at radius 2 is 1.76 bits per heavy atom. The van der Waals surface area contributed by atoms with E-state index in [1.807, 2.05) is 0 Å². The third-order valence-corrected chi connectivity index (χ3v) is 2.69. The van der Waals surface area contributed by atoms with Crippen molar-refractivity contribution in [3.05, 3.63) is 23.0 Å². The van der Waals surface area contributed by atoms with E-state index in [2.05, 4.69) is 5.32 Å². The number of benzene rings is 1. The van der Waals surface area contributed by atoms with Crippen molar-refractivity contribution < 1.29 is 19.7 Å². The standard InChI is InChI=1S/C10H14ClFN2O3/c11-6-1-8(13)9(2-7(6)12)14-10(3-15,4-16)5-17/h1-2,14-17H,3-5,13H2. The first-order chi connectivity index (χ1) is 7.98. The molecular formula is C10H14ClFN2O3. The van der Waals surface area contributed by atoms with E-state index in [1.165, 1.54) is 6.07 Å². The second-order valence-electron chi connectivity index (χ2n) is 3.73. The zero-order valence-corrected chi connectivity index (χ0v) is 9.71. The number of nitrogens with two attached hydrogens (primary N) is 1. The lowest BCUT2D eigenvalue weighted by atomic mass is 10.0. The molecule has 0 radical (unpaired) electrons. The van der Waals surface area contributed by atoms with Crippen LogP contribution in [0.2, 0.25) is 5.02 Å². The van der Waals surface area contributed by atoms with Crippen molar-refractivity contribution in [3.63, 3.8) is 0 Å². The number of hydrogen-bond acceptors (Lipinski definition) is 5. The normalized spacial score (nSPS) is 11.6. The van der Waals surface area contributed by atoms with Gasteiger partial charge in [0.1, 0.15) is 11.4 Å². The minimum atomic E-state index is -1.37. The lowest BCUT2D eigenvalue weighted by Crippen LogP contribution is -2.49. The molecular weight excluding hydrogens is 251 g/mol. The summed E-state index contributed by atoms with van der Waals surface area (Å²) in [5.74, 6) is -0.689. The molecule has 0 heterocycles. The van der Waals surface area contributed by atoms with Crippen molar-refractivity contribution in [2.24, 2.45) is 0 Å². The smallest absolute Gasteiger partial charge is 0.143 e. The van der Waals surface area contributed by atoms with Crippen molar-refractivity contribution in [1.82, 2.24) is 0 Å². The summed E-state index contributed by atoms with van der Waals surface area (Å²) in [4.78, 5) is 0. The lowest BCUT2D eigenvalue weighted by molar-refractivity contribution is 0.0834. The van der Waals surface area contributed by atoms with E-state index in [0.29, 0.717) is 0 Å². The maximum atomic E-state index is 13.2. The Morgan fingerprint density at radius 3 is 2.24 bits per heavy atom. The van der Waals surface area contributed by atoms with Crippen LogP contribution in [0.4, 0.5) is 15.8 Å². The van der Waals surface area contributed by atoms with E-state index in [4.69, 9.17) is 32.7 Å². The Kier molecular flexibility index (Phi) is 4.53. The number of halogens is 2. The van der Waals surface area contributed by atoms with Crippen LogP contribution in [0.5, 0.6) is 0 Å². The minimum absolute atomic E-state index is 0.129. The number of aliphatic hydroxyl groups excluding tert-OH is 3. The third-order valence-electron chi connectivity index (χ3n) is 2.40. The van der Waals surface area contributed by atoms with Gasteiger partial charge in [-0.3, -0.25) is 0 Å². The van der Waals surface area contributed by atoms with Gasteiger partial charge in [0, 0.05) is 6.07 Å². The molecule has 7 heteroatoms. The Hall–Kier alpha value is -1.08. The largest absolute Gasteiger partial charge is 0.397 e. The van der Waals surface area contributed by atoms with E-state index in [-0.39, 0.29) is 16.4 Å². The first-order valence-corrected chi connectivity index (χ1v) is 5.21. The van der Waals surface area contributed by atoms with Crippen molar-refractivity contribution >= 4 is 23.0 Å². The van der Waals surface area contributed by atoms with Gasteiger partial charge < -0.3 is 26.4 Å². The van der Waals surface area contributed by atoms with E-state index in [1.54, 1.807) is 0 Å². The summed E-state index contributed by atoms with van der Waals surface area (Å²) in [7, 11) is 0. The Balaban J connectivity index is 3.05. The van der Waals surface area contributed by atoms with E-state index < -0.39 is 31.2 Å². The van der Waals surface area contributed by atoms with Gasteiger partial charge in [-0.2, -0.15) is 0 Å². The van der Waals surface area contributed by atoms with E-state index >= 15 is 0 Å². The van der Waals surface area contributed by atoms with Crippen LogP contribution < -0.4 is 11.1 Å². The molecule has 0 aliphatic carbocycles. The molecule has 0 aromatic heterocycles. The average Bonchev–Trinajstić information content (AvgIpc) is 2.33. The molecule has 1 rings (SSSR count). The van der Waals surface area contributed by atoms with E-state index in [0.717, 1.165) is 6.07 Å². The maximum absolute atomic E-state index is 13.2. The van der Waals surface area contributed by atoms with Crippen LogP contribution in [-0.4, -0.2) is 40.7 Å². The quantitative estimate of drug-likeness (QED) is 0.489. The number of rotatable bonds is 5. The third kappa shape index (κ3) is 2.98. The fourth-order valence-electron chi connectivity index (χ4n) is 1.22. The van der Waals surface area contributed by atoms with E-state index in [9.17, 15) is 4.39 Å². The Bertz CT molecular complexity index is 391. The van der Waals surface area contributed by atoms with Crippen molar-refractivity contribution in [3.8, 4) is 0 Å². The SMILES string of the molecule is Nc1cc(Cl)c(F)cc1NC(CO)(CO)CO. The fourth-order valence-corrected chi connectivity index (χ4v) is 1.40. The Labute approximate surface area is 103 Å². The molecule has 0 atom stereocenters. The molecule has 0 saturated heterocycles. The second kappa shape index (κ2) is 5.50. The highest BCUT2D eigenvalue weighted by Crippen LogP contribution is 2.28. The molecule has 0 aliphatic rings. The van der Waals surface area contributed by atoms with Crippen LogP contribution in [0, 0.1) is 5.82 Å². The summed E-state index contributed by atoms with van der Waals surface area (Å²) < 4.78 is 13.2. The van der Waals surface area contributed by atoms with Gasteiger partial charge in [0.15, 0.2) is 0 Å². The molecule has 5 nitrogen and oxygen atoms in total. The highest BCUT2D eigenvalue weighted by atomic mass is 35.5. The first kappa shape index (κ1) is 14.0. The van der Waals surface area contributed by atoms with Gasteiger partial charge in [-0.25, -0.2) is 4.39 Å². The van der Waals surface area contributed by atoms with Crippen LogP contribution in [0.1, 0.15) is 0 Å². The topological polar surface area (TPSA) is 98.7 Å². The van der Waals surface area contributed by atoms with Gasteiger partial charge >= 0.3 is 0 Å². The van der Waals surface area contributed by atoms with Crippen molar-refractivity contribution in [2.75, 3.05) is 30.9 Å². The molecule has 17 heavy (non-hydrogen) atoms. The summed E-state index contributed by atoms with van der Waals surface area (Å²) in [6.07, 6.45) is 0. The van der Waals surface area contributed by atoms with Crippen molar-refractivity contribution in [2.45, 2.75) is 5.54 Å². The second-order valence-corrected chi connectivity index (χ2v) is 4.14. The highest BCUT2D eigenvalue weighted by Gasteiger charge is 2.28. The molecule has 0 bridgehead atoms. The molecule has 96 valence electrons. The molecule has 0 saturated carbocycles. The molecule has 0 aliphatic heterocycles. The summed E-state index contributed by atoms with van der Waals surface area (Å²) in [5, 5.41) is 29.8. The van der Waals surface area contributed by atoms with Crippen LogP contribution in [0.3, 0.4) is 0 Å². The predicted molar refractivity (Wildman–Crippen MR) is 63.4 cm³/mol. The van der Waals surface area contributed by atoms with Gasteiger partial charge in [-0.05, 0) is 6.07 Å². The Morgan fingerprint density at radius 1 is 1.24 bits per heavy atom. The van der Waals surface area contributed by atoms with Crippen molar-refractivity contribution in [1.29, 1.82) is 0 Å². The van der Waals surface area contributed by atoms with Gasteiger partial charge in [0.05, 0.1) is 36.2 Å². The lowest BCUT2D eigenvalue weighted by Gasteiger charge is -2.30. The number of anilines is 2. The van der Waals surface area contributed by atoms with Crippen LogP contribution in [0.15, 0.2) is 12.1 Å². The molecule has 0 unspecified atom stereocenters. The zero-order chi connectivity index (χ0) is 13.1. The zero-order valence-electron chi connectivity index (χ0n) is 8.95. The summed E-state index contributed by atoms with van der Waals surface area (Å²) in [6, 6.07) is 2.24. The molecule has 1 aromatic rings. The fraction of sp³-hybridized carbons (Fsp3) is 0.400. The summed E-state index contributed by atoms with van der Waals surface area (Å²) >= 11 is 5.53. The van der Waals surface area contributed by atoms with Gasteiger partial charge in [-0.15, -0.1) is 0 Å². The number of nitrogen functional groups attached to an aromatic ring is 1. The summed E-state index contributed by atoms with van der Waals surface area (Å²) in [6.45, 7) is -1.61. The van der Waals surface area contributed by atoms with Gasteiger partial charge in [-0.1, -0.05) is 11.6 Å². The van der Waals surface area contributed by atoms with Crippen LogP contribution in [-0.2, 0) is 0 Å². The maximum Gasteiger partial charge on any atom is 0.143 e. The average molecular weight is 265 g/mol. The first-order valence-electron chi connectivity index (χ1n) is 4.83. The predicted octanol–water partition coefficient (Wildman–Crippen LogP) is 0.189. The highest BCUT2D eigenvalue weighted by molar-refractivity contribution is 6.31. The molecule has 0 fully saturated rings. The summed E-state index contributed by atoms with van der Waals surface area (Å²) in [5.41, 5.74) is 4.53. The monoisotopic (exact) mass is 264 g/mol. The molecule has 1 aromatic carbocycles. The van der Waals surface area contributed by atoms with Crippen LogP contribution >= 0.6 is 11.6 Å². The number of aliphatic hydroxyl groups is 3. The van der Waals surface area contributed by atoms with Gasteiger partial charge in [0.2, 0.25) is 0 Å². The minimum Gasteiger partial charge on any atom is -0.397 e. The molecule has 6 N–H and O–H groups in total. The molecule has 0 spiro atoms. The van der Waals surface area contributed by atoms with Gasteiger partial charge in [0.25, 0.3) is 0 Å². The number of hydrogen-bond donors (Lipinski definition) is 5.